The van der Waals surface area contributed by atoms with Crippen LogP contribution in [0.4, 0.5) is 5.69 Å². The van der Waals surface area contributed by atoms with E-state index in [1.807, 2.05) is 29.2 Å². The summed E-state index contributed by atoms with van der Waals surface area (Å²) < 4.78 is 40.5. The largest absolute Gasteiger partial charge is 0.454 e. The first kappa shape index (κ1) is 28.4. The van der Waals surface area contributed by atoms with Crippen LogP contribution in [-0.2, 0) is 32.6 Å². The van der Waals surface area contributed by atoms with Gasteiger partial charge in [0.2, 0.25) is 28.6 Å². The molecule has 6 rings (SSSR count). The maximum Gasteiger partial charge on any atom is 0.244 e. The van der Waals surface area contributed by atoms with Gasteiger partial charge in [-0.1, -0.05) is 13.0 Å². The lowest BCUT2D eigenvalue weighted by molar-refractivity contribution is -0.138. The maximum atomic E-state index is 13.8. The first-order valence-electron chi connectivity index (χ1n) is 14.3. The van der Waals surface area contributed by atoms with E-state index in [0.29, 0.717) is 62.0 Å². The van der Waals surface area contributed by atoms with Crippen LogP contribution in [0.1, 0.15) is 37.3 Å². The van der Waals surface area contributed by atoms with Crippen LogP contribution in [0.5, 0.6) is 11.5 Å². The van der Waals surface area contributed by atoms with Crippen molar-refractivity contribution in [2.75, 3.05) is 57.5 Å². The van der Waals surface area contributed by atoms with Crippen molar-refractivity contribution >= 4 is 43.5 Å². The SMILES string of the molecule is CCC(=O)N1CCc2cc(Br)c(S(=O)(=O)N3CCC[C@H](C(=O)N4CCN(Cc5ccc6c(c5)OCO6)CC4)C3)cc21. The van der Waals surface area contributed by atoms with E-state index < -0.39 is 10.0 Å². The second-order valence-corrected chi connectivity index (χ2v) is 13.8. The molecule has 41 heavy (non-hydrogen) atoms. The van der Waals surface area contributed by atoms with E-state index in [2.05, 4.69) is 20.8 Å². The molecule has 12 heteroatoms. The lowest BCUT2D eigenvalue weighted by atomic mass is 9.97. The number of hydrogen-bond acceptors (Lipinski definition) is 7. The molecular formula is C29H35BrN4O6S. The molecule has 220 valence electrons. The Balaban J connectivity index is 1.09. The third kappa shape index (κ3) is 5.59. The van der Waals surface area contributed by atoms with Crippen LogP contribution in [0.3, 0.4) is 0 Å². The Morgan fingerprint density at radius 2 is 1.78 bits per heavy atom. The number of carbonyl (C=O) groups excluding carboxylic acids is 2. The number of anilines is 1. The number of piperidine rings is 1. The van der Waals surface area contributed by atoms with Crippen molar-refractivity contribution in [3.8, 4) is 11.5 Å². The standard InChI is InChI=1S/C29H35BrN4O6S/c1-2-28(35)34-9-7-21-15-23(30)27(16-24(21)34)41(37,38)33-8-3-4-22(18-33)29(36)32-12-10-31(11-13-32)17-20-5-6-25-26(14-20)40-19-39-25/h5-6,14-16,22H,2-4,7-13,17-19H2,1H3/t22-/m0/s1. The van der Waals surface area contributed by atoms with Gasteiger partial charge in [0.1, 0.15) is 0 Å². The molecule has 2 saturated heterocycles. The molecule has 4 aliphatic rings. The van der Waals surface area contributed by atoms with E-state index in [1.54, 1.807) is 17.9 Å². The summed E-state index contributed by atoms with van der Waals surface area (Å²) in [6.45, 7) is 6.66. The van der Waals surface area contributed by atoms with Gasteiger partial charge >= 0.3 is 0 Å². The first-order valence-corrected chi connectivity index (χ1v) is 16.5. The van der Waals surface area contributed by atoms with Gasteiger partial charge in [-0.15, -0.1) is 0 Å². The Kier molecular flexibility index (Phi) is 8.01. The Morgan fingerprint density at radius 3 is 2.56 bits per heavy atom. The second kappa shape index (κ2) is 11.5. The Labute approximate surface area is 249 Å². The summed E-state index contributed by atoms with van der Waals surface area (Å²) in [5.41, 5.74) is 2.77. The Morgan fingerprint density at radius 1 is 1.00 bits per heavy atom. The number of rotatable bonds is 6. The fraction of sp³-hybridized carbons (Fsp3) is 0.517. The highest BCUT2D eigenvalue weighted by molar-refractivity contribution is 9.10. The third-order valence-corrected chi connectivity index (χ3v) is 11.3. The molecule has 0 aliphatic carbocycles. The van der Waals surface area contributed by atoms with Gasteiger partial charge in [0.05, 0.1) is 10.8 Å². The van der Waals surface area contributed by atoms with Crippen molar-refractivity contribution in [1.29, 1.82) is 0 Å². The number of carbonyl (C=O) groups is 2. The minimum Gasteiger partial charge on any atom is -0.454 e. The van der Waals surface area contributed by atoms with Crippen LogP contribution in [-0.4, -0.2) is 86.9 Å². The normalized spacial score (nSPS) is 21.3. The van der Waals surface area contributed by atoms with Crippen molar-refractivity contribution < 1.29 is 27.5 Å². The van der Waals surface area contributed by atoms with Crippen molar-refractivity contribution in [1.82, 2.24) is 14.1 Å². The average molecular weight is 648 g/mol. The molecule has 10 nitrogen and oxygen atoms in total. The number of sulfonamides is 1. The molecule has 0 bridgehead atoms. The summed E-state index contributed by atoms with van der Waals surface area (Å²) in [6.07, 6.45) is 2.36. The zero-order valence-corrected chi connectivity index (χ0v) is 25.6. The van der Waals surface area contributed by atoms with Gasteiger partial charge in [-0.25, -0.2) is 8.42 Å². The van der Waals surface area contributed by atoms with E-state index in [4.69, 9.17) is 9.47 Å². The minimum absolute atomic E-state index is 0.0194. The number of piperazine rings is 1. The van der Waals surface area contributed by atoms with Crippen LogP contribution < -0.4 is 14.4 Å². The summed E-state index contributed by atoms with van der Waals surface area (Å²) in [5, 5.41) is 0. The monoisotopic (exact) mass is 646 g/mol. The lowest BCUT2D eigenvalue weighted by Crippen LogP contribution is -2.52. The number of fused-ring (bicyclic) bond motifs is 2. The number of hydrogen-bond donors (Lipinski definition) is 0. The maximum absolute atomic E-state index is 13.8. The summed E-state index contributed by atoms with van der Waals surface area (Å²) in [6, 6.07) is 9.43. The fourth-order valence-electron chi connectivity index (χ4n) is 6.22. The predicted octanol–water partition coefficient (Wildman–Crippen LogP) is 3.22. The summed E-state index contributed by atoms with van der Waals surface area (Å²) in [4.78, 5) is 32.0. The topological polar surface area (TPSA) is 99.7 Å². The molecule has 0 radical (unpaired) electrons. The van der Waals surface area contributed by atoms with E-state index in [-0.39, 0.29) is 36.0 Å². The third-order valence-electron chi connectivity index (χ3n) is 8.51. The molecule has 2 fully saturated rings. The number of ether oxygens (including phenoxy) is 2. The smallest absolute Gasteiger partial charge is 0.244 e. The molecule has 0 saturated carbocycles. The lowest BCUT2D eigenvalue weighted by Gasteiger charge is -2.38. The molecule has 0 unspecified atom stereocenters. The number of nitrogens with zero attached hydrogens (tertiary/aromatic N) is 4. The molecule has 2 amide bonds. The predicted molar refractivity (Wildman–Crippen MR) is 156 cm³/mol. The van der Waals surface area contributed by atoms with Crippen LogP contribution in [0, 0.1) is 5.92 Å². The molecule has 0 spiro atoms. The molecule has 4 aliphatic heterocycles. The molecule has 4 heterocycles. The molecule has 2 aromatic rings. The summed E-state index contributed by atoms with van der Waals surface area (Å²) in [5.74, 6) is 1.18. The highest BCUT2D eigenvalue weighted by Gasteiger charge is 2.38. The highest BCUT2D eigenvalue weighted by Crippen LogP contribution is 2.38. The number of halogens is 1. The molecule has 2 aromatic carbocycles. The van der Waals surface area contributed by atoms with E-state index >= 15 is 0 Å². The number of amides is 2. The average Bonchev–Trinajstić information content (AvgIpc) is 3.63. The minimum atomic E-state index is -3.86. The highest BCUT2D eigenvalue weighted by atomic mass is 79.9. The fourth-order valence-corrected chi connectivity index (χ4v) is 8.81. The zero-order valence-electron chi connectivity index (χ0n) is 23.2. The van der Waals surface area contributed by atoms with Crippen LogP contribution in [0.2, 0.25) is 0 Å². The summed E-state index contributed by atoms with van der Waals surface area (Å²) in [7, 11) is -3.86. The van der Waals surface area contributed by atoms with Gasteiger partial charge in [-0.3, -0.25) is 14.5 Å². The van der Waals surface area contributed by atoms with E-state index in [1.165, 1.54) is 4.31 Å². The van der Waals surface area contributed by atoms with Gasteiger partial charge < -0.3 is 19.3 Å². The van der Waals surface area contributed by atoms with Crippen molar-refractivity contribution in [3.05, 3.63) is 45.9 Å². The molecule has 0 N–H and O–H groups in total. The van der Waals surface area contributed by atoms with Crippen molar-refractivity contribution in [2.24, 2.45) is 5.92 Å². The van der Waals surface area contributed by atoms with Gasteiger partial charge in [0, 0.05) is 68.9 Å². The molecule has 1 atom stereocenters. The van der Waals surface area contributed by atoms with Gasteiger partial charge in [0.25, 0.3) is 0 Å². The Bertz CT molecular complexity index is 1460. The second-order valence-electron chi connectivity index (χ2n) is 11.1. The molecule has 0 aromatic heterocycles. The van der Waals surface area contributed by atoms with Crippen molar-refractivity contribution in [2.45, 2.75) is 44.0 Å². The molecular weight excluding hydrogens is 612 g/mol. The van der Waals surface area contributed by atoms with Gasteiger partial charge in [-0.05, 0) is 70.6 Å². The Hall–Kier alpha value is -2.67. The van der Waals surface area contributed by atoms with E-state index in [0.717, 1.165) is 42.3 Å². The summed E-state index contributed by atoms with van der Waals surface area (Å²) >= 11 is 3.47. The van der Waals surface area contributed by atoms with Gasteiger partial charge in [-0.2, -0.15) is 4.31 Å². The van der Waals surface area contributed by atoms with Crippen LogP contribution in [0.15, 0.2) is 39.7 Å². The van der Waals surface area contributed by atoms with E-state index in [9.17, 15) is 18.0 Å². The van der Waals surface area contributed by atoms with Crippen molar-refractivity contribution in [3.63, 3.8) is 0 Å². The number of benzene rings is 2. The zero-order chi connectivity index (χ0) is 28.7. The quantitative estimate of drug-likeness (QED) is 0.475. The van der Waals surface area contributed by atoms with Gasteiger partial charge in [0.15, 0.2) is 11.5 Å². The van der Waals surface area contributed by atoms with Crippen LogP contribution >= 0.6 is 15.9 Å². The van der Waals surface area contributed by atoms with Crippen LogP contribution in [0.25, 0.3) is 0 Å². The first-order chi connectivity index (χ1) is 19.7.